The average Bonchev–Trinajstić information content (AvgIpc) is 2.68. The highest BCUT2D eigenvalue weighted by Gasteiger charge is 2.21. The van der Waals surface area contributed by atoms with Gasteiger partial charge in [0.05, 0.1) is 13.2 Å². The van der Waals surface area contributed by atoms with Gasteiger partial charge in [0.15, 0.2) is 6.10 Å². The van der Waals surface area contributed by atoms with Gasteiger partial charge in [-0.05, 0) is 74.4 Å². The zero-order chi connectivity index (χ0) is 18.5. The number of hydrogen-bond donors (Lipinski definition) is 1. The van der Waals surface area contributed by atoms with Crippen LogP contribution in [0.2, 0.25) is 0 Å². The van der Waals surface area contributed by atoms with Crippen LogP contribution >= 0.6 is 0 Å². The molecule has 0 spiro atoms. The summed E-state index contributed by atoms with van der Waals surface area (Å²) in [6.45, 7) is 3.77. The minimum atomic E-state index is -0.538. The van der Waals surface area contributed by atoms with Crippen molar-refractivity contribution >= 4 is 5.91 Å². The lowest BCUT2D eigenvalue weighted by Crippen LogP contribution is -2.38. The number of carbonyl (C=O) groups excluding carboxylic acids is 1. The number of aryl methyl sites for hydroxylation is 1. The topological polar surface area (TPSA) is 47.6 Å². The molecule has 0 unspecified atom stereocenters. The number of methoxy groups -OCH3 is 1. The molecule has 0 fully saturated rings. The van der Waals surface area contributed by atoms with Crippen LogP contribution in [-0.2, 0) is 17.6 Å². The lowest BCUT2D eigenvalue weighted by atomic mass is 9.91. The second-order valence-corrected chi connectivity index (χ2v) is 6.86. The Kier molecular flexibility index (Phi) is 5.82. The van der Waals surface area contributed by atoms with Crippen LogP contribution in [0.25, 0.3) is 0 Å². The second kappa shape index (κ2) is 8.26. The molecule has 4 heteroatoms. The summed E-state index contributed by atoms with van der Waals surface area (Å²) in [5.74, 6) is 1.54. The summed E-state index contributed by atoms with van der Waals surface area (Å²) < 4.78 is 11.2. The van der Waals surface area contributed by atoms with Crippen LogP contribution in [-0.4, -0.2) is 19.1 Å². The van der Waals surface area contributed by atoms with Gasteiger partial charge in [-0.2, -0.15) is 0 Å². The maximum atomic E-state index is 12.6. The molecular formula is C22H27NO3. The van der Waals surface area contributed by atoms with Crippen molar-refractivity contribution in [2.75, 3.05) is 7.11 Å². The van der Waals surface area contributed by atoms with Gasteiger partial charge in [-0.3, -0.25) is 4.79 Å². The highest BCUT2D eigenvalue weighted by Crippen LogP contribution is 2.30. The summed E-state index contributed by atoms with van der Waals surface area (Å²) in [7, 11) is 1.64. The molecule has 26 heavy (non-hydrogen) atoms. The van der Waals surface area contributed by atoms with Crippen LogP contribution in [0.5, 0.6) is 11.5 Å². The van der Waals surface area contributed by atoms with Gasteiger partial charge < -0.3 is 14.8 Å². The Morgan fingerprint density at radius 1 is 1.04 bits per heavy atom. The number of benzene rings is 2. The molecule has 1 amide bonds. The van der Waals surface area contributed by atoms with Crippen molar-refractivity contribution in [3.63, 3.8) is 0 Å². The molecule has 0 saturated carbocycles. The number of carbonyl (C=O) groups is 1. The average molecular weight is 353 g/mol. The molecule has 4 nitrogen and oxygen atoms in total. The Bertz CT molecular complexity index is 754. The number of rotatable bonds is 6. The molecule has 0 radical (unpaired) electrons. The summed E-state index contributed by atoms with van der Waals surface area (Å²) >= 11 is 0. The van der Waals surface area contributed by atoms with Gasteiger partial charge in [0.2, 0.25) is 0 Å². The van der Waals surface area contributed by atoms with Crippen molar-refractivity contribution in [1.29, 1.82) is 0 Å². The van der Waals surface area contributed by atoms with Crippen molar-refractivity contribution in [3.05, 3.63) is 59.2 Å². The monoisotopic (exact) mass is 353 g/mol. The van der Waals surface area contributed by atoms with Crippen LogP contribution in [0, 0.1) is 0 Å². The van der Waals surface area contributed by atoms with E-state index in [9.17, 15) is 4.79 Å². The minimum Gasteiger partial charge on any atom is -0.497 e. The highest BCUT2D eigenvalue weighted by molar-refractivity contribution is 5.81. The molecule has 1 N–H and O–H groups in total. The van der Waals surface area contributed by atoms with E-state index in [0.29, 0.717) is 0 Å². The molecule has 2 atom stereocenters. The number of hydrogen-bond acceptors (Lipinski definition) is 3. The molecule has 0 bridgehead atoms. The molecule has 3 rings (SSSR count). The van der Waals surface area contributed by atoms with Crippen LogP contribution in [0.1, 0.15) is 49.4 Å². The minimum absolute atomic E-state index is 0.0934. The first-order chi connectivity index (χ1) is 12.6. The number of nitrogens with one attached hydrogen (secondary N) is 1. The molecule has 1 aliphatic carbocycles. The van der Waals surface area contributed by atoms with E-state index >= 15 is 0 Å². The molecule has 0 aromatic heterocycles. The van der Waals surface area contributed by atoms with Gasteiger partial charge in [0.1, 0.15) is 11.5 Å². The van der Waals surface area contributed by atoms with Gasteiger partial charge in [0, 0.05) is 0 Å². The van der Waals surface area contributed by atoms with E-state index in [1.807, 2.05) is 43.3 Å². The predicted molar refractivity (Wildman–Crippen MR) is 103 cm³/mol. The zero-order valence-electron chi connectivity index (χ0n) is 15.7. The van der Waals surface area contributed by atoms with Crippen molar-refractivity contribution in [2.24, 2.45) is 0 Å². The van der Waals surface area contributed by atoms with Gasteiger partial charge in [0.25, 0.3) is 5.91 Å². The van der Waals surface area contributed by atoms with Crippen molar-refractivity contribution in [1.82, 2.24) is 5.32 Å². The Morgan fingerprint density at radius 2 is 1.77 bits per heavy atom. The summed E-state index contributed by atoms with van der Waals surface area (Å²) in [5.41, 5.74) is 3.65. The van der Waals surface area contributed by atoms with Crippen molar-refractivity contribution in [2.45, 2.75) is 51.7 Å². The first-order valence-corrected chi connectivity index (χ1v) is 9.30. The smallest absolute Gasteiger partial charge is 0.261 e. The van der Waals surface area contributed by atoms with Gasteiger partial charge in [-0.1, -0.05) is 24.3 Å². The normalized spacial score (nSPS) is 15.5. The Balaban J connectivity index is 1.62. The van der Waals surface area contributed by atoms with E-state index in [1.54, 1.807) is 14.0 Å². The first kappa shape index (κ1) is 18.3. The second-order valence-electron chi connectivity index (χ2n) is 6.86. The summed E-state index contributed by atoms with van der Waals surface area (Å²) in [6, 6.07) is 13.8. The maximum Gasteiger partial charge on any atom is 0.261 e. The van der Waals surface area contributed by atoms with E-state index in [4.69, 9.17) is 9.47 Å². The number of ether oxygens (including phenoxy) is 2. The fourth-order valence-corrected chi connectivity index (χ4v) is 3.41. The molecule has 2 aromatic rings. The first-order valence-electron chi connectivity index (χ1n) is 9.30. The zero-order valence-corrected chi connectivity index (χ0v) is 15.7. The SMILES string of the molecule is COc1ccc([C@H](C)NC(=O)[C@@H](C)Oc2cccc3c2CCCC3)cc1. The molecular weight excluding hydrogens is 326 g/mol. The molecule has 0 saturated heterocycles. The van der Waals surface area contributed by atoms with Gasteiger partial charge in [-0.25, -0.2) is 0 Å². The summed E-state index contributed by atoms with van der Waals surface area (Å²) in [5, 5.41) is 3.03. The Labute approximate surface area is 155 Å². The van der Waals surface area contributed by atoms with E-state index in [1.165, 1.54) is 24.0 Å². The van der Waals surface area contributed by atoms with Crippen LogP contribution < -0.4 is 14.8 Å². The van der Waals surface area contributed by atoms with Crippen molar-refractivity contribution in [3.8, 4) is 11.5 Å². The maximum absolute atomic E-state index is 12.6. The molecule has 138 valence electrons. The molecule has 0 heterocycles. The van der Waals surface area contributed by atoms with Gasteiger partial charge in [-0.15, -0.1) is 0 Å². The van der Waals surface area contributed by atoms with Crippen LogP contribution in [0.4, 0.5) is 0 Å². The fraction of sp³-hybridized carbons (Fsp3) is 0.409. The highest BCUT2D eigenvalue weighted by atomic mass is 16.5. The van der Waals surface area contributed by atoms with Crippen LogP contribution in [0.15, 0.2) is 42.5 Å². The standard InChI is InChI=1S/C22H27NO3/c1-15(17-11-13-19(25-3)14-12-17)23-22(24)16(2)26-21-10-6-8-18-7-4-5-9-20(18)21/h6,8,10-16H,4-5,7,9H2,1-3H3,(H,23,24)/t15-,16+/m0/s1. The van der Waals surface area contributed by atoms with Crippen LogP contribution in [0.3, 0.4) is 0 Å². The lowest BCUT2D eigenvalue weighted by molar-refractivity contribution is -0.127. The largest absolute Gasteiger partial charge is 0.497 e. The third-order valence-electron chi connectivity index (χ3n) is 5.00. The molecule has 1 aliphatic rings. The Hall–Kier alpha value is -2.49. The predicted octanol–water partition coefficient (Wildman–Crippen LogP) is 4.22. The van der Waals surface area contributed by atoms with Gasteiger partial charge >= 0.3 is 0 Å². The third-order valence-corrected chi connectivity index (χ3v) is 5.00. The van der Waals surface area contributed by atoms with E-state index in [-0.39, 0.29) is 11.9 Å². The Morgan fingerprint density at radius 3 is 2.50 bits per heavy atom. The van der Waals surface area contributed by atoms with E-state index < -0.39 is 6.10 Å². The summed E-state index contributed by atoms with van der Waals surface area (Å²) in [4.78, 5) is 12.6. The fourth-order valence-electron chi connectivity index (χ4n) is 3.41. The summed E-state index contributed by atoms with van der Waals surface area (Å²) in [6.07, 6.45) is 4.00. The number of fused-ring (bicyclic) bond motifs is 1. The molecule has 0 aliphatic heterocycles. The van der Waals surface area contributed by atoms with Crippen molar-refractivity contribution < 1.29 is 14.3 Å². The van der Waals surface area contributed by atoms with E-state index in [2.05, 4.69) is 11.4 Å². The van der Waals surface area contributed by atoms with E-state index in [0.717, 1.165) is 29.9 Å². The third kappa shape index (κ3) is 4.18. The lowest BCUT2D eigenvalue weighted by Gasteiger charge is -2.23. The number of amides is 1. The molecule has 2 aromatic carbocycles. The quantitative estimate of drug-likeness (QED) is 0.846.